The van der Waals surface area contributed by atoms with Gasteiger partial charge in [0.15, 0.2) is 0 Å². The Bertz CT molecular complexity index is 1050. The molecule has 2 N–H and O–H groups in total. The van der Waals surface area contributed by atoms with Gasteiger partial charge in [-0.25, -0.2) is 19.6 Å². The molecule has 1 spiro atoms. The van der Waals surface area contributed by atoms with Crippen molar-refractivity contribution in [1.29, 1.82) is 0 Å². The Balaban J connectivity index is 0.000000317. The van der Waals surface area contributed by atoms with Crippen LogP contribution in [0, 0.1) is 12.8 Å². The molecule has 2 aliphatic rings. The number of carboxylic acids is 2. The van der Waals surface area contributed by atoms with Crippen molar-refractivity contribution in [1.82, 2.24) is 19.8 Å². The van der Waals surface area contributed by atoms with Crippen molar-refractivity contribution in [2.45, 2.75) is 44.2 Å². The minimum absolute atomic E-state index is 0.328. The van der Waals surface area contributed by atoms with Crippen molar-refractivity contribution < 1.29 is 50.9 Å². The molecule has 1 atom stereocenters. The van der Waals surface area contributed by atoms with Crippen molar-refractivity contribution in [2.24, 2.45) is 5.92 Å². The summed E-state index contributed by atoms with van der Waals surface area (Å²) >= 11 is 1.78. The van der Waals surface area contributed by atoms with Gasteiger partial charge in [0, 0.05) is 42.3 Å². The van der Waals surface area contributed by atoms with E-state index < -0.39 is 24.3 Å². The zero-order valence-corrected chi connectivity index (χ0v) is 21.8. The summed E-state index contributed by atoms with van der Waals surface area (Å²) in [5.41, 5.74) is 3.47. The fourth-order valence-corrected chi connectivity index (χ4v) is 4.95. The summed E-state index contributed by atoms with van der Waals surface area (Å²) in [5, 5.41) is 14.2. The summed E-state index contributed by atoms with van der Waals surface area (Å²) in [6.45, 7) is 7.40. The predicted molar refractivity (Wildman–Crippen MR) is 127 cm³/mol. The summed E-state index contributed by atoms with van der Waals surface area (Å²) in [6.07, 6.45) is -5.95. The molecule has 0 amide bonds. The van der Waals surface area contributed by atoms with E-state index in [1.807, 2.05) is 23.7 Å². The highest BCUT2D eigenvalue weighted by molar-refractivity contribution is 7.09. The lowest BCUT2D eigenvalue weighted by atomic mass is 9.75. The number of hydrogen-bond donors (Lipinski definition) is 2. The topological polar surface area (TPSA) is 116 Å². The summed E-state index contributed by atoms with van der Waals surface area (Å²) < 4.78 is 69.4. The number of likely N-dealkylation sites (tertiary alicyclic amines) is 2. The maximum atomic E-state index is 10.6. The summed E-state index contributed by atoms with van der Waals surface area (Å²) in [5.74, 6) is -4.16. The van der Waals surface area contributed by atoms with E-state index in [2.05, 4.69) is 33.7 Å². The molecule has 2 aromatic heterocycles. The number of hydrogen-bond acceptors (Lipinski definition) is 8. The molecule has 0 aliphatic carbocycles. The number of aromatic nitrogens is 2. The lowest BCUT2D eigenvalue weighted by Gasteiger charge is -2.58. The van der Waals surface area contributed by atoms with Gasteiger partial charge in [-0.1, -0.05) is 6.07 Å². The van der Waals surface area contributed by atoms with Crippen LogP contribution in [0.2, 0.25) is 0 Å². The van der Waals surface area contributed by atoms with Crippen LogP contribution in [0.15, 0.2) is 29.9 Å². The van der Waals surface area contributed by atoms with Crippen LogP contribution in [0.5, 0.6) is 5.88 Å². The van der Waals surface area contributed by atoms with Crippen LogP contribution >= 0.6 is 11.3 Å². The van der Waals surface area contributed by atoms with E-state index in [4.69, 9.17) is 24.5 Å². The summed E-state index contributed by atoms with van der Waals surface area (Å²) in [7, 11) is 2.28. The van der Waals surface area contributed by atoms with E-state index in [1.165, 1.54) is 23.4 Å². The van der Waals surface area contributed by atoms with Crippen LogP contribution in [-0.2, 0) is 16.1 Å². The quantitative estimate of drug-likeness (QED) is 0.500. The first-order valence-corrected chi connectivity index (χ1v) is 12.4. The fourth-order valence-electron chi connectivity index (χ4n) is 4.14. The molecule has 16 heteroatoms. The van der Waals surface area contributed by atoms with E-state index in [1.54, 1.807) is 17.5 Å². The van der Waals surface area contributed by atoms with Gasteiger partial charge in [0.1, 0.15) is 0 Å². The number of likely N-dealkylation sites (N-methyl/N-ethyl adjacent to an activating group) is 1. The second-order valence-corrected chi connectivity index (χ2v) is 10.0. The number of pyridine rings is 1. The van der Waals surface area contributed by atoms with Gasteiger partial charge in [-0.05, 0) is 45.3 Å². The first kappa shape index (κ1) is 32.2. The number of carboxylic acid groups (broad SMARTS) is 2. The van der Waals surface area contributed by atoms with Gasteiger partial charge in [-0.15, -0.1) is 11.3 Å². The standard InChI is InChI=1S/C19H26N4OS.2C2HF3O2/c1-15-17(25-14-21-15)10-23-12-19(13-23)9-16(6-8-22(19)2)11-24-18-5-3-4-7-20-18;2*3-2(4,5)1(6)7/h3-5,7,14,16H,6,8-13H2,1-2H3;2*(H,6,7). The fraction of sp³-hybridized carbons (Fsp3) is 0.565. The predicted octanol–water partition coefficient (Wildman–Crippen LogP) is 4.09. The molecule has 4 heterocycles. The molecule has 2 saturated heterocycles. The van der Waals surface area contributed by atoms with Gasteiger partial charge in [0.05, 0.1) is 17.8 Å². The third-order valence-electron chi connectivity index (χ3n) is 6.19. The Morgan fingerprint density at radius 3 is 2.15 bits per heavy atom. The number of ether oxygens (including phenoxy) is 1. The molecule has 0 aromatic carbocycles. The normalized spacial score (nSPS) is 19.1. The third kappa shape index (κ3) is 9.93. The van der Waals surface area contributed by atoms with Crippen molar-refractivity contribution in [3.63, 3.8) is 0 Å². The molecule has 1 unspecified atom stereocenters. The van der Waals surface area contributed by atoms with Crippen LogP contribution in [0.1, 0.15) is 23.4 Å². The summed E-state index contributed by atoms with van der Waals surface area (Å²) in [4.78, 5) is 33.0. The second kappa shape index (κ2) is 13.4. The Kier molecular flexibility index (Phi) is 11.1. The highest BCUT2D eigenvalue weighted by Gasteiger charge is 2.49. The molecule has 9 nitrogen and oxygen atoms in total. The minimum Gasteiger partial charge on any atom is -0.477 e. The maximum absolute atomic E-state index is 10.6. The Hall–Kier alpha value is -2.98. The number of carbonyl (C=O) groups is 2. The lowest BCUT2D eigenvalue weighted by molar-refractivity contribution is -0.193. The molecular formula is C23H28F6N4O5S. The second-order valence-electron chi connectivity index (χ2n) is 9.10. The Morgan fingerprint density at radius 1 is 1.10 bits per heavy atom. The molecule has 39 heavy (non-hydrogen) atoms. The van der Waals surface area contributed by atoms with Crippen molar-refractivity contribution >= 4 is 23.3 Å². The van der Waals surface area contributed by atoms with Gasteiger partial charge in [-0.3, -0.25) is 9.80 Å². The van der Waals surface area contributed by atoms with E-state index in [0.29, 0.717) is 11.5 Å². The Morgan fingerprint density at radius 2 is 1.69 bits per heavy atom. The number of piperidine rings is 1. The highest BCUT2D eigenvalue weighted by atomic mass is 32.1. The lowest BCUT2D eigenvalue weighted by Crippen LogP contribution is -2.71. The molecule has 4 rings (SSSR count). The first-order valence-electron chi connectivity index (χ1n) is 11.5. The summed E-state index contributed by atoms with van der Waals surface area (Å²) in [6, 6.07) is 5.84. The SMILES string of the molecule is Cc1ncsc1CN1CC2(CC(COc3ccccn3)CCN2C)C1.O=C(O)C(F)(F)F.O=C(O)C(F)(F)F. The van der Waals surface area contributed by atoms with Gasteiger partial charge >= 0.3 is 24.3 Å². The van der Waals surface area contributed by atoms with Crippen molar-refractivity contribution in [3.05, 3.63) is 40.5 Å². The first-order chi connectivity index (χ1) is 18.0. The zero-order valence-electron chi connectivity index (χ0n) is 21.0. The largest absolute Gasteiger partial charge is 0.490 e. The average Bonchev–Trinajstić information content (AvgIpc) is 3.23. The molecule has 0 saturated carbocycles. The number of nitrogens with zero attached hydrogens (tertiary/aromatic N) is 4. The van der Waals surface area contributed by atoms with Crippen LogP contribution < -0.4 is 4.74 Å². The van der Waals surface area contributed by atoms with E-state index >= 15 is 0 Å². The average molecular weight is 587 g/mol. The highest BCUT2D eigenvalue weighted by Crippen LogP contribution is 2.39. The van der Waals surface area contributed by atoms with Crippen molar-refractivity contribution in [3.8, 4) is 5.88 Å². The van der Waals surface area contributed by atoms with Crippen LogP contribution in [0.25, 0.3) is 0 Å². The molecular weight excluding hydrogens is 558 g/mol. The molecule has 0 radical (unpaired) electrons. The third-order valence-corrected chi connectivity index (χ3v) is 7.11. The van der Waals surface area contributed by atoms with Gasteiger partial charge in [-0.2, -0.15) is 26.3 Å². The number of rotatable bonds is 5. The maximum Gasteiger partial charge on any atom is 0.490 e. The molecule has 2 aromatic rings. The number of halogens is 6. The van der Waals surface area contributed by atoms with Crippen LogP contribution in [0.3, 0.4) is 0 Å². The number of alkyl halides is 6. The molecule has 0 bridgehead atoms. The molecule has 2 fully saturated rings. The monoisotopic (exact) mass is 586 g/mol. The Labute approximate surface area is 224 Å². The number of thiazole rings is 1. The van der Waals surface area contributed by atoms with Gasteiger partial charge in [0.25, 0.3) is 0 Å². The molecule has 218 valence electrons. The van der Waals surface area contributed by atoms with E-state index in [-0.39, 0.29) is 0 Å². The van der Waals surface area contributed by atoms with Gasteiger partial charge in [0.2, 0.25) is 5.88 Å². The minimum atomic E-state index is -5.08. The van der Waals surface area contributed by atoms with E-state index in [9.17, 15) is 26.3 Å². The van der Waals surface area contributed by atoms with Crippen LogP contribution in [0.4, 0.5) is 26.3 Å². The number of aryl methyl sites for hydroxylation is 1. The zero-order chi connectivity index (χ0) is 29.4. The number of aliphatic carboxylic acids is 2. The molecule has 2 aliphatic heterocycles. The smallest absolute Gasteiger partial charge is 0.477 e. The van der Waals surface area contributed by atoms with Crippen molar-refractivity contribution in [2.75, 3.05) is 33.3 Å². The van der Waals surface area contributed by atoms with Gasteiger partial charge < -0.3 is 14.9 Å². The van der Waals surface area contributed by atoms with Crippen LogP contribution in [-0.4, -0.2) is 93.1 Å². The van der Waals surface area contributed by atoms with E-state index in [0.717, 1.165) is 38.7 Å².